The van der Waals surface area contributed by atoms with Gasteiger partial charge < -0.3 is 9.47 Å². The predicted octanol–water partition coefficient (Wildman–Crippen LogP) is 5.43. The molecule has 0 bridgehead atoms. The molecule has 0 fully saturated rings. The Balaban J connectivity index is 2.35. The zero-order valence-corrected chi connectivity index (χ0v) is 13.0. The van der Waals surface area contributed by atoms with Gasteiger partial charge in [0, 0.05) is 5.56 Å². The molecule has 0 aliphatic heterocycles. The van der Waals surface area contributed by atoms with E-state index in [4.69, 9.17) is 9.47 Å². The molecule has 0 heterocycles. The van der Waals surface area contributed by atoms with Gasteiger partial charge in [0.05, 0.1) is 13.2 Å². The first-order chi connectivity index (χ1) is 10.4. The van der Waals surface area contributed by atoms with Crippen LogP contribution in [0.3, 0.4) is 0 Å². The molecule has 1 rings (SSSR count). The maximum absolute atomic E-state index is 5.90. The van der Waals surface area contributed by atoms with Crippen LogP contribution in [-0.2, 0) is 9.47 Å². The van der Waals surface area contributed by atoms with Crippen molar-refractivity contribution in [1.29, 1.82) is 0 Å². The Hall–Kier alpha value is -1.38. The van der Waals surface area contributed by atoms with Crippen LogP contribution in [0.4, 0.5) is 0 Å². The Morgan fingerprint density at radius 1 is 0.810 bits per heavy atom. The molecule has 21 heavy (non-hydrogen) atoms. The van der Waals surface area contributed by atoms with Crippen molar-refractivity contribution in [2.24, 2.45) is 0 Å². The Morgan fingerprint density at radius 2 is 1.33 bits per heavy atom. The number of rotatable bonds is 13. The first-order valence-electron chi connectivity index (χ1n) is 7.88. The number of allylic oxidation sites excluding steroid dienone is 2. The maximum Gasteiger partial charge on any atom is 0.183 e. The van der Waals surface area contributed by atoms with E-state index in [1.165, 1.54) is 0 Å². The first kappa shape index (κ1) is 17.7. The highest BCUT2D eigenvalue weighted by Crippen LogP contribution is 2.20. The van der Waals surface area contributed by atoms with E-state index >= 15 is 0 Å². The van der Waals surface area contributed by atoms with E-state index in [0.717, 1.165) is 57.3 Å². The van der Waals surface area contributed by atoms with Crippen LogP contribution in [0.1, 0.15) is 50.4 Å². The molecular weight excluding hydrogens is 260 g/mol. The highest BCUT2D eigenvalue weighted by atomic mass is 16.7. The molecular formula is C19H28O2. The average Bonchev–Trinajstić information content (AvgIpc) is 2.53. The third-order valence-electron chi connectivity index (χ3n) is 3.22. The molecule has 1 aromatic carbocycles. The van der Waals surface area contributed by atoms with Gasteiger partial charge in [0.1, 0.15) is 0 Å². The average molecular weight is 288 g/mol. The number of hydrogen-bond donors (Lipinski definition) is 0. The minimum Gasteiger partial charge on any atom is -0.348 e. The Bertz CT molecular complexity index is 354. The number of ether oxygens (including phenoxy) is 2. The van der Waals surface area contributed by atoms with Gasteiger partial charge in [-0.3, -0.25) is 0 Å². The van der Waals surface area contributed by atoms with Gasteiger partial charge in [0.25, 0.3) is 0 Å². The lowest BCUT2D eigenvalue weighted by molar-refractivity contribution is -0.148. The van der Waals surface area contributed by atoms with Gasteiger partial charge in [-0.1, -0.05) is 42.5 Å². The van der Waals surface area contributed by atoms with Crippen molar-refractivity contribution in [2.75, 3.05) is 13.2 Å². The molecule has 0 saturated carbocycles. The monoisotopic (exact) mass is 288 g/mol. The molecule has 0 radical (unpaired) electrons. The second-order valence-electron chi connectivity index (χ2n) is 5.05. The fraction of sp³-hybridized carbons (Fsp3) is 0.474. The van der Waals surface area contributed by atoms with Crippen LogP contribution in [0.15, 0.2) is 55.6 Å². The van der Waals surface area contributed by atoms with Crippen LogP contribution in [0.25, 0.3) is 0 Å². The van der Waals surface area contributed by atoms with Gasteiger partial charge >= 0.3 is 0 Å². The lowest BCUT2D eigenvalue weighted by Crippen LogP contribution is -2.11. The smallest absolute Gasteiger partial charge is 0.183 e. The summed E-state index contributed by atoms with van der Waals surface area (Å²) in [5.74, 6) is 0. The zero-order valence-electron chi connectivity index (χ0n) is 13.0. The highest BCUT2D eigenvalue weighted by Gasteiger charge is 2.11. The molecule has 0 amide bonds. The maximum atomic E-state index is 5.90. The SMILES string of the molecule is C=CCCCCOC(OCCCCC=C)c1ccccc1. The van der Waals surface area contributed by atoms with Crippen LogP contribution in [0.5, 0.6) is 0 Å². The molecule has 0 aromatic heterocycles. The van der Waals surface area contributed by atoms with Gasteiger partial charge in [-0.15, -0.1) is 13.2 Å². The Morgan fingerprint density at radius 3 is 1.81 bits per heavy atom. The minimum absolute atomic E-state index is 0.251. The molecule has 0 N–H and O–H groups in total. The zero-order chi connectivity index (χ0) is 15.2. The lowest BCUT2D eigenvalue weighted by atomic mass is 10.2. The highest BCUT2D eigenvalue weighted by molar-refractivity contribution is 5.15. The van der Waals surface area contributed by atoms with Gasteiger partial charge in [-0.2, -0.15) is 0 Å². The van der Waals surface area contributed by atoms with Crippen molar-refractivity contribution in [2.45, 2.75) is 44.8 Å². The fourth-order valence-corrected chi connectivity index (χ4v) is 2.01. The van der Waals surface area contributed by atoms with Gasteiger partial charge in [0.15, 0.2) is 6.29 Å². The summed E-state index contributed by atoms with van der Waals surface area (Å²) in [7, 11) is 0. The summed E-state index contributed by atoms with van der Waals surface area (Å²) in [6.45, 7) is 8.91. The predicted molar refractivity (Wildman–Crippen MR) is 89.2 cm³/mol. The number of benzene rings is 1. The summed E-state index contributed by atoms with van der Waals surface area (Å²) in [6, 6.07) is 10.2. The second kappa shape index (κ2) is 12.4. The van der Waals surface area contributed by atoms with E-state index < -0.39 is 0 Å². The van der Waals surface area contributed by atoms with Crippen LogP contribution < -0.4 is 0 Å². The van der Waals surface area contributed by atoms with Crippen molar-refractivity contribution in [1.82, 2.24) is 0 Å². The van der Waals surface area contributed by atoms with Crippen molar-refractivity contribution in [3.05, 3.63) is 61.2 Å². The van der Waals surface area contributed by atoms with E-state index in [-0.39, 0.29) is 6.29 Å². The molecule has 1 aromatic rings. The van der Waals surface area contributed by atoms with Crippen LogP contribution in [0, 0.1) is 0 Å². The molecule has 2 heteroatoms. The van der Waals surface area contributed by atoms with Crippen LogP contribution in [-0.4, -0.2) is 13.2 Å². The molecule has 0 saturated heterocycles. The molecule has 0 aliphatic carbocycles. The number of unbranched alkanes of at least 4 members (excludes halogenated alkanes) is 4. The topological polar surface area (TPSA) is 18.5 Å². The van der Waals surface area contributed by atoms with E-state index in [1.54, 1.807) is 0 Å². The molecule has 0 unspecified atom stereocenters. The second-order valence-corrected chi connectivity index (χ2v) is 5.05. The molecule has 2 nitrogen and oxygen atoms in total. The quantitative estimate of drug-likeness (QED) is 0.274. The first-order valence-corrected chi connectivity index (χ1v) is 7.88. The summed E-state index contributed by atoms with van der Waals surface area (Å²) >= 11 is 0. The Labute approximate surface area is 129 Å². The van der Waals surface area contributed by atoms with Crippen LogP contribution in [0.2, 0.25) is 0 Å². The van der Waals surface area contributed by atoms with Crippen molar-refractivity contribution < 1.29 is 9.47 Å². The third kappa shape index (κ3) is 8.49. The summed E-state index contributed by atoms with van der Waals surface area (Å²) in [5.41, 5.74) is 1.09. The van der Waals surface area contributed by atoms with Crippen LogP contribution >= 0.6 is 0 Å². The standard InChI is InChI=1S/C19H28O2/c1-3-5-7-12-16-20-19(18-14-10-9-11-15-18)21-17-13-8-6-4-2/h3-4,9-11,14-15,19H,1-2,5-8,12-13,16-17H2. The molecule has 0 atom stereocenters. The molecule has 0 spiro atoms. The fourth-order valence-electron chi connectivity index (χ4n) is 2.01. The molecule has 0 aliphatic rings. The summed E-state index contributed by atoms with van der Waals surface area (Å²) < 4.78 is 11.8. The van der Waals surface area contributed by atoms with E-state index in [2.05, 4.69) is 25.3 Å². The van der Waals surface area contributed by atoms with E-state index in [1.807, 2.05) is 30.4 Å². The molecule has 116 valence electrons. The lowest BCUT2D eigenvalue weighted by Gasteiger charge is -2.19. The summed E-state index contributed by atoms with van der Waals surface area (Å²) in [6.07, 6.45) is 10.0. The van der Waals surface area contributed by atoms with Gasteiger partial charge in [0.2, 0.25) is 0 Å². The largest absolute Gasteiger partial charge is 0.348 e. The Kier molecular flexibility index (Phi) is 10.4. The summed E-state index contributed by atoms with van der Waals surface area (Å²) in [4.78, 5) is 0. The number of hydrogen-bond acceptors (Lipinski definition) is 2. The summed E-state index contributed by atoms with van der Waals surface area (Å²) in [5, 5.41) is 0. The van der Waals surface area contributed by atoms with Crippen molar-refractivity contribution in [3.8, 4) is 0 Å². The minimum atomic E-state index is -0.251. The normalized spacial score (nSPS) is 10.7. The van der Waals surface area contributed by atoms with E-state index in [0.29, 0.717) is 0 Å². The van der Waals surface area contributed by atoms with E-state index in [9.17, 15) is 0 Å². The third-order valence-corrected chi connectivity index (χ3v) is 3.22. The van der Waals surface area contributed by atoms with Gasteiger partial charge in [-0.25, -0.2) is 0 Å². The van der Waals surface area contributed by atoms with Gasteiger partial charge in [-0.05, 0) is 38.5 Å². The van der Waals surface area contributed by atoms with Crippen molar-refractivity contribution >= 4 is 0 Å². The van der Waals surface area contributed by atoms with Crippen molar-refractivity contribution in [3.63, 3.8) is 0 Å².